The van der Waals surface area contributed by atoms with Crippen LogP contribution in [-0.4, -0.2) is 20.9 Å². The zero-order valence-corrected chi connectivity index (χ0v) is 13.6. The summed E-state index contributed by atoms with van der Waals surface area (Å²) in [4.78, 5) is 42.8. The van der Waals surface area contributed by atoms with Crippen molar-refractivity contribution in [2.75, 3.05) is 0 Å². The molecule has 3 N–H and O–H groups in total. The molecule has 1 aromatic carbocycles. The first-order valence-corrected chi connectivity index (χ1v) is 7.61. The van der Waals surface area contributed by atoms with Crippen molar-refractivity contribution in [2.45, 2.75) is 6.54 Å². The van der Waals surface area contributed by atoms with Gasteiger partial charge in [-0.05, 0) is 18.2 Å². The molecule has 2 aromatic heterocycles. The molecule has 0 atom stereocenters. The molecule has 138 valence electrons. The number of amides is 1. The predicted octanol–water partition coefficient (Wildman–Crippen LogP) is 1.46. The number of pyridine rings is 1. The molecule has 27 heavy (non-hydrogen) atoms. The molecule has 0 aliphatic carbocycles. The highest BCUT2D eigenvalue weighted by molar-refractivity contribution is 5.93. The van der Waals surface area contributed by atoms with Crippen LogP contribution in [0.1, 0.15) is 15.9 Å². The molecule has 0 aliphatic rings. The van der Waals surface area contributed by atoms with Crippen LogP contribution >= 0.6 is 0 Å². The summed E-state index contributed by atoms with van der Waals surface area (Å²) in [5, 5.41) is 2.47. The molecule has 0 saturated heterocycles. The summed E-state index contributed by atoms with van der Waals surface area (Å²) in [5.74, 6) is -2.64. The number of nitrogens with zero attached hydrogens (tertiary/aromatic N) is 1. The van der Waals surface area contributed by atoms with Crippen molar-refractivity contribution in [2.24, 2.45) is 0 Å². The Hall–Kier alpha value is -3.82. The summed E-state index contributed by atoms with van der Waals surface area (Å²) in [6.45, 7) is -0.0939. The SMILES string of the molecule is O=C(NCc1cccnc1Oc1ccc(F)cc1F)c1c[nH]c(=O)[nH]c1=O. The Bertz CT molecular complexity index is 1110. The molecule has 1 amide bonds. The maximum absolute atomic E-state index is 13.8. The van der Waals surface area contributed by atoms with Crippen LogP contribution in [0.25, 0.3) is 0 Å². The van der Waals surface area contributed by atoms with E-state index in [1.165, 1.54) is 6.20 Å². The molecule has 0 unspecified atom stereocenters. The predicted molar refractivity (Wildman–Crippen MR) is 89.5 cm³/mol. The first-order valence-electron chi connectivity index (χ1n) is 7.61. The topological polar surface area (TPSA) is 117 Å². The van der Waals surface area contributed by atoms with Gasteiger partial charge >= 0.3 is 5.69 Å². The number of carbonyl (C=O) groups excluding carboxylic acids is 1. The van der Waals surface area contributed by atoms with Gasteiger partial charge in [0.05, 0.1) is 0 Å². The normalized spacial score (nSPS) is 10.4. The first-order chi connectivity index (χ1) is 12.9. The summed E-state index contributed by atoms with van der Waals surface area (Å²) in [7, 11) is 0. The van der Waals surface area contributed by atoms with Gasteiger partial charge in [0, 0.05) is 30.6 Å². The van der Waals surface area contributed by atoms with Crippen LogP contribution in [0.3, 0.4) is 0 Å². The van der Waals surface area contributed by atoms with Crippen LogP contribution < -0.4 is 21.3 Å². The van der Waals surface area contributed by atoms with Crippen LogP contribution in [0.5, 0.6) is 11.6 Å². The van der Waals surface area contributed by atoms with Crippen molar-refractivity contribution in [3.8, 4) is 11.6 Å². The zero-order chi connectivity index (χ0) is 19.4. The van der Waals surface area contributed by atoms with E-state index in [1.807, 2.05) is 4.98 Å². The first kappa shape index (κ1) is 18.0. The molecule has 0 aliphatic heterocycles. The minimum absolute atomic E-state index is 0.00122. The number of rotatable bonds is 5. The fourth-order valence-corrected chi connectivity index (χ4v) is 2.16. The number of benzene rings is 1. The standard InChI is InChI=1S/C17H12F2N4O4/c18-10-3-4-13(12(19)6-10)27-16-9(2-1-5-20-16)7-21-14(24)11-8-22-17(26)23-15(11)25/h1-6,8H,7H2,(H,21,24)(H2,22,23,25,26). The van der Waals surface area contributed by atoms with Gasteiger partial charge in [0.2, 0.25) is 5.88 Å². The summed E-state index contributed by atoms with van der Waals surface area (Å²) < 4.78 is 32.1. The molecule has 10 heteroatoms. The molecule has 0 radical (unpaired) electrons. The van der Waals surface area contributed by atoms with E-state index in [-0.39, 0.29) is 23.7 Å². The number of ether oxygens (including phenoxy) is 1. The Kier molecular flexibility index (Phi) is 5.06. The van der Waals surface area contributed by atoms with Crippen molar-refractivity contribution in [3.05, 3.63) is 86.3 Å². The lowest BCUT2D eigenvalue weighted by Crippen LogP contribution is -2.33. The lowest BCUT2D eigenvalue weighted by atomic mass is 10.2. The second-order valence-corrected chi connectivity index (χ2v) is 5.31. The zero-order valence-electron chi connectivity index (χ0n) is 13.6. The van der Waals surface area contributed by atoms with E-state index in [4.69, 9.17) is 4.74 Å². The number of halogens is 2. The highest BCUT2D eigenvalue weighted by Crippen LogP contribution is 2.25. The van der Waals surface area contributed by atoms with Gasteiger partial charge in [-0.25, -0.2) is 18.6 Å². The van der Waals surface area contributed by atoms with E-state index < -0.39 is 28.8 Å². The highest BCUT2D eigenvalue weighted by atomic mass is 19.1. The molecule has 3 aromatic rings. The van der Waals surface area contributed by atoms with Gasteiger partial charge in [0.15, 0.2) is 11.6 Å². The van der Waals surface area contributed by atoms with Crippen molar-refractivity contribution in [3.63, 3.8) is 0 Å². The maximum atomic E-state index is 13.8. The van der Waals surface area contributed by atoms with Crippen LogP contribution in [0.4, 0.5) is 8.78 Å². The average molecular weight is 374 g/mol. The molecule has 2 heterocycles. The molecule has 0 fully saturated rings. The number of aromatic amines is 2. The minimum Gasteiger partial charge on any atom is -0.436 e. The third-order valence-electron chi connectivity index (χ3n) is 3.45. The molecule has 3 rings (SSSR count). The summed E-state index contributed by atoms with van der Waals surface area (Å²) in [6, 6.07) is 5.96. The lowest BCUT2D eigenvalue weighted by molar-refractivity contribution is 0.0948. The second-order valence-electron chi connectivity index (χ2n) is 5.31. The van der Waals surface area contributed by atoms with Crippen LogP contribution in [0, 0.1) is 11.6 Å². The van der Waals surface area contributed by atoms with E-state index in [0.717, 1.165) is 18.3 Å². The number of aromatic nitrogens is 3. The van der Waals surface area contributed by atoms with E-state index in [1.54, 1.807) is 12.1 Å². The van der Waals surface area contributed by atoms with Crippen molar-refractivity contribution < 1.29 is 18.3 Å². The summed E-state index contributed by atoms with van der Waals surface area (Å²) in [6.07, 6.45) is 2.39. The fraction of sp³-hybridized carbons (Fsp3) is 0.0588. The maximum Gasteiger partial charge on any atom is 0.325 e. The van der Waals surface area contributed by atoms with Gasteiger partial charge in [-0.15, -0.1) is 0 Å². The van der Waals surface area contributed by atoms with Gasteiger partial charge < -0.3 is 15.0 Å². The van der Waals surface area contributed by atoms with E-state index >= 15 is 0 Å². The Labute approximate surface area is 149 Å². The molecule has 0 saturated carbocycles. The molecule has 0 spiro atoms. The van der Waals surface area contributed by atoms with Gasteiger partial charge in [0.25, 0.3) is 11.5 Å². The van der Waals surface area contributed by atoms with Crippen LogP contribution in [0.2, 0.25) is 0 Å². The monoisotopic (exact) mass is 374 g/mol. The smallest absolute Gasteiger partial charge is 0.325 e. The number of hydrogen-bond donors (Lipinski definition) is 3. The highest BCUT2D eigenvalue weighted by Gasteiger charge is 2.14. The Balaban J connectivity index is 1.77. The fourth-order valence-electron chi connectivity index (χ4n) is 2.16. The summed E-state index contributed by atoms with van der Waals surface area (Å²) >= 11 is 0. The number of nitrogens with one attached hydrogen (secondary N) is 3. The van der Waals surface area contributed by atoms with Crippen molar-refractivity contribution in [1.29, 1.82) is 0 Å². The van der Waals surface area contributed by atoms with Gasteiger partial charge in [-0.3, -0.25) is 14.6 Å². The Morgan fingerprint density at radius 2 is 2.04 bits per heavy atom. The van der Waals surface area contributed by atoms with Gasteiger partial charge in [-0.2, -0.15) is 0 Å². The van der Waals surface area contributed by atoms with E-state index in [2.05, 4.69) is 15.3 Å². The van der Waals surface area contributed by atoms with Gasteiger partial charge in [0.1, 0.15) is 11.4 Å². The quantitative estimate of drug-likeness (QED) is 0.625. The van der Waals surface area contributed by atoms with Crippen molar-refractivity contribution >= 4 is 5.91 Å². The Morgan fingerprint density at radius 3 is 2.78 bits per heavy atom. The summed E-state index contributed by atoms with van der Waals surface area (Å²) in [5.41, 5.74) is -1.48. The third-order valence-corrected chi connectivity index (χ3v) is 3.45. The lowest BCUT2D eigenvalue weighted by Gasteiger charge is -2.11. The minimum atomic E-state index is -0.907. The van der Waals surface area contributed by atoms with E-state index in [0.29, 0.717) is 11.6 Å². The number of carbonyl (C=O) groups is 1. The third kappa shape index (κ3) is 4.24. The molecular weight excluding hydrogens is 362 g/mol. The van der Waals surface area contributed by atoms with Gasteiger partial charge in [-0.1, -0.05) is 6.07 Å². The second kappa shape index (κ2) is 7.60. The van der Waals surface area contributed by atoms with Crippen molar-refractivity contribution in [1.82, 2.24) is 20.3 Å². The number of hydrogen-bond acceptors (Lipinski definition) is 5. The van der Waals surface area contributed by atoms with Crippen LogP contribution in [-0.2, 0) is 6.54 Å². The number of H-pyrrole nitrogens is 2. The molecular formula is C17H12F2N4O4. The van der Waals surface area contributed by atoms with E-state index in [9.17, 15) is 23.2 Å². The average Bonchev–Trinajstić information content (AvgIpc) is 2.63. The Morgan fingerprint density at radius 1 is 1.22 bits per heavy atom. The largest absolute Gasteiger partial charge is 0.436 e. The van der Waals surface area contributed by atoms with Crippen LogP contribution in [0.15, 0.2) is 52.3 Å². The molecule has 0 bridgehead atoms. The molecule has 8 nitrogen and oxygen atoms in total.